The van der Waals surface area contributed by atoms with E-state index in [0.717, 1.165) is 0 Å². The second-order valence-corrected chi connectivity index (χ2v) is 5.41. The first-order chi connectivity index (χ1) is 10.4. The van der Waals surface area contributed by atoms with Crippen LogP contribution >= 0.6 is 0 Å². The van der Waals surface area contributed by atoms with Gasteiger partial charge in [-0.3, -0.25) is 0 Å². The molecule has 0 aromatic rings. The van der Waals surface area contributed by atoms with E-state index in [1.54, 1.807) is 0 Å². The summed E-state index contributed by atoms with van der Waals surface area (Å²) in [5.41, 5.74) is 0. The lowest BCUT2D eigenvalue weighted by atomic mass is 9.97. The van der Waals surface area contributed by atoms with Gasteiger partial charge < -0.3 is 50.0 Å². The predicted molar refractivity (Wildman–Crippen MR) is 67.5 cm³/mol. The van der Waals surface area contributed by atoms with Crippen molar-refractivity contribution >= 4 is 0 Å². The Labute approximate surface area is 126 Å². The van der Waals surface area contributed by atoms with Gasteiger partial charge in [0.2, 0.25) is 0 Å². The van der Waals surface area contributed by atoms with Crippen molar-refractivity contribution in [3.05, 3.63) is 0 Å². The second kappa shape index (κ2) is 7.45. The van der Waals surface area contributed by atoms with E-state index in [2.05, 4.69) is 0 Å². The van der Waals surface area contributed by atoms with Crippen LogP contribution in [0.1, 0.15) is 0 Å². The zero-order chi connectivity index (χ0) is 16.4. The van der Waals surface area contributed by atoms with Crippen LogP contribution in [0.25, 0.3) is 0 Å². The van der Waals surface area contributed by atoms with E-state index in [0.29, 0.717) is 0 Å². The maximum absolute atomic E-state index is 9.93. The molecule has 10 nitrogen and oxygen atoms in total. The molecule has 0 saturated carbocycles. The topological polar surface area (TPSA) is 169 Å². The molecule has 22 heavy (non-hydrogen) atoms. The highest BCUT2D eigenvalue weighted by Gasteiger charge is 2.48. The lowest BCUT2D eigenvalue weighted by Crippen LogP contribution is -2.63. The van der Waals surface area contributed by atoms with Crippen molar-refractivity contribution in [3.8, 4) is 0 Å². The third kappa shape index (κ3) is 3.41. The molecule has 130 valence electrons. The van der Waals surface area contributed by atoms with E-state index in [1.807, 2.05) is 0 Å². The normalized spacial score (nSPS) is 50.0. The van der Waals surface area contributed by atoms with Crippen LogP contribution < -0.4 is 0 Å². The van der Waals surface area contributed by atoms with E-state index in [1.165, 1.54) is 0 Å². The van der Waals surface area contributed by atoms with Gasteiger partial charge in [-0.2, -0.15) is 0 Å². The fraction of sp³-hybridized carbons (Fsp3) is 1.00. The summed E-state index contributed by atoms with van der Waals surface area (Å²) >= 11 is 0. The zero-order valence-electron chi connectivity index (χ0n) is 11.7. The van der Waals surface area contributed by atoms with E-state index in [-0.39, 0.29) is 6.61 Å². The highest BCUT2D eigenvalue weighted by Crippen LogP contribution is 2.27. The zero-order valence-corrected chi connectivity index (χ0v) is 11.7. The van der Waals surface area contributed by atoms with Crippen LogP contribution in [-0.4, -0.2) is 111 Å². The number of aliphatic hydroxyl groups is 7. The molecular formula is C12H22O10. The molecule has 2 saturated heterocycles. The third-order valence-corrected chi connectivity index (χ3v) is 3.90. The van der Waals surface area contributed by atoms with Crippen molar-refractivity contribution < 1.29 is 50.0 Å². The van der Waals surface area contributed by atoms with Crippen molar-refractivity contribution in [1.29, 1.82) is 0 Å². The summed E-state index contributed by atoms with van der Waals surface area (Å²) in [6.45, 7) is -1.33. The molecule has 0 bridgehead atoms. The molecule has 0 aliphatic carbocycles. The van der Waals surface area contributed by atoms with Crippen LogP contribution in [0.3, 0.4) is 0 Å². The second-order valence-electron chi connectivity index (χ2n) is 5.41. The molecule has 4 unspecified atom stereocenters. The standard InChI is InChI=1S/C12H22O10/c13-1-5-8(17)9(18)10(19)12(21-5)22-11-6(2-14)20-3-4(15)7(11)16/h4-19H,1-3H2/t4?,5?,6-,7?,8+,9-,10?,11+,12-/m0/s1. The Hall–Kier alpha value is -0.400. The Kier molecular flexibility index (Phi) is 6.07. The van der Waals surface area contributed by atoms with Crippen molar-refractivity contribution in [3.63, 3.8) is 0 Å². The van der Waals surface area contributed by atoms with Crippen LogP contribution in [0.4, 0.5) is 0 Å². The molecule has 0 radical (unpaired) electrons. The van der Waals surface area contributed by atoms with E-state index >= 15 is 0 Å². The van der Waals surface area contributed by atoms with Crippen molar-refractivity contribution in [2.24, 2.45) is 0 Å². The number of hydrogen-bond acceptors (Lipinski definition) is 10. The SMILES string of the molecule is OCC1O[C@@H](O[C@H]2C(O)C(O)CO[C@H]2CO)C(O)[C@@H](O)[C@@H]1O. The van der Waals surface area contributed by atoms with Gasteiger partial charge in [0, 0.05) is 0 Å². The van der Waals surface area contributed by atoms with E-state index in [9.17, 15) is 30.6 Å². The number of hydrogen-bond donors (Lipinski definition) is 7. The molecule has 10 heteroatoms. The summed E-state index contributed by atoms with van der Waals surface area (Å²) < 4.78 is 15.6. The fourth-order valence-corrected chi connectivity index (χ4v) is 2.51. The Morgan fingerprint density at radius 1 is 0.818 bits per heavy atom. The minimum atomic E-state index is -1.65. The molecule has 0 aromatic heterocycles. The average Bonchev–Trinajstić information content (AvgIpc) is 2.52. The van der Waals surface area contributed by atoms with Crippen LogP contribution in [0, 0.1) is 0 Å². The molecule has 9 atom stereocenters. The first-order valence-corrected chi connectivity index (χ1v) is 6.95. The van der Waals surface area contributed by atoms with Gasteiger partial charge in [0.25, 0.3) is 0 Å². The molecule has 0 amide bonds. The van der Waals surface area contributed by atoms with Gasteiger partial charge in [-0.15, -0.1) is 0 Å². The average molecular weight is 326 g/mol. The smallest absolute Gasteiger partial charge is 0.187 e. The maximum Gasteiger partial charge on any atom is 0.187 e. The van der Waals surface area contributed by atoms with Gasteiger partial charge in [0.15, 0.2) is 6.29 Å². The molecule has 2 fully saturated rings. The summed E-state index contributed by atoms with van der Waals surface area (Å²) in [5.74, 6) is 0. The summed E-state index contributed by atoms with van der Waals surface area (Å²) in [5, 5.41) is 67.0. The monoisotopic (exact) mass is 326 g/mol. The highest BCUT2D eigenvalue weighted by atomic mass is 16.7. The number of aliphatic hydroxyl groups excluding tert-OH is 7. The molecule has 0 spiro atoms. The Bertz CT molecular complexity index is 351. The largest absolute Gasteiger partial charge is 0.394 e. The highest BCUT2D eigenvalue weighted by molar-refractivity contribution is 4.92. The van der Waals surface area contributed by atoms with Crippen LogP contribution in [-0.2, 0) is 14.2 Å². The first kappa shape index (κ1) is 17.9. The van der Waals surface area contributed by atoms with Gasteiger partial charge >= 0.3 is 0 Å². The summed E-state index contributed by atoms with van der Waals surface area (Å²) in [6, 6.07) is 0. The maximum atomic E-state index is 9.93. The van der Waals surface area contributed by atoms with Crippen LogP contribution in [0.5, 0.6) is 0 Å². The number of rotatable bonds is 4. The van der Waals surface area contributed by atoms with Gasteiger partial charge in [-0.25, -0.2) is 0 Å². The molecular weight excluding hydrogens is 304 g/mol. The van der Waals surface area contributed by atoms with Crippen molar-refractivity contribution in [2.75, 3.05) is 19.8 Å². The van der Waals surface area contributed by atoms with E-state index < -0.39 is 68.3 Å². The molecule has 2 aliphatic rings. The summed E-state index contributed by atoms with van der Waals surface area (Å²) in [7, 11) is 0. The lowest BCUT2D eigenvalue weighted by molar-refractivity contribution is -0.336. The van der Waals surface area contributed by atoms with Gasteiger partial charge in [0.05, 0.1) is 19.8 Å². The van der Waals surface area contributed by atoms with Crippen LogP contribution in [0.15, 0.2) is 0 Å². The van der Waals surface area contributed by atoms with Gasteiger partial charge in [0.1, 0.15) is 48.8 Å². The first-order valence-electron chi connectivity index (χ1n) is 6.95. The third-order valence-electron chi connectivity index (χ3n) is 3.90. The molecule has 2 rings (SSSR count). The minimum Gasteiger partial charge on any atom is -0.394 e. The lowest BCUT2D eigenvalue weighted by Gasteiger charge is -2.44. The molecule has 2 aliphatic heterocycles. The van der Waals surface area contributed by atoms with Gasteiger partial charge in [-0.1, -0.05) is 0 Å². The minimum absolute atomic E-state index is 0.194. The predicted octanol–water partition coefficient (Wildman–Crippen LogP) is -4.72. The summed E-state index contributed by atoms with van der Waals surface area (Å²) in [6.07, 6.45) is -12.3. The quantitative estimate of drug-likeness (QED) is 0.266. The van der Waals surface area contributed by atoms with Crippen molar-refractivity contribution in [2.45, 2.75) is 55.1 Å². The Balaban J connectivity index is 2.09. The molecule has 0 aromatic carbocycles. The van der Waals surface area contributed by atoms with Crippen LogP contribution in [0.2, 0.25) is 0 Å². The van der Waals surface area contributed by atoms with E-state index in [4.69, 9.17) is 19.3 Å². The Morgan fingerprint density at radius 3 is 2.05 bits per heavy atom. The van der Waals surface area contributed by atoms with Crippen molar-refractivity contribution in [1.82, 2.24) is 0 Å². The summed E-state index contributed by atoms with van der Waals surface area (Å²) in [4.78, 5) is 0. The number of ether oxygens (including phenoxy) is 3. The molecule has 7 N–H and O–H groups in total. The van der Waals surface area contributed by atoms with Gasteiger partial charge in [-0.05, 0) is 0 Å². The fourth-order valence-electron chi connectivity index (χ4n) is 2.51. The molecule has 2 heterocycles. The Morgan fingerprint density at radius 2 is 1.45 bits per heavy atom.